The minimum absolute atomic E-state index is 0.254. The van der Waals surface area contributed by atoms with E-state index < -0.39 is 18.0 Å². The van der Waals surface area contributed by atoms with Gasteiger partial charge in [-0.1, -0.05) is 27.2 Å². The molecule has 1 rings (SSSR count). The maximum Gasteiger partial charge on any atom is 0.389 e. The van der Waals surface area contributed by atoms with Crippen molar-refractivity contribution in [1.82, 2.24) is 0 Å². The van der Waals surface area contributed by atoms with Crippen molar-refractivity contribution in [3.63, 3.8) is 0 Å². The van der Waals surface area contributed by atoms with Gasteiger partial charge in [-0.3, -0.25) is 0 Å². The highest BCUT2D eigenvalue weighted by Gasteiger charge is 2.49. The predicted octanol–water partition coefficient (Wildman–Crippen LogP) is 4.79. The zero-order valence-electron chi connectivity index (χ0n) is 9.82. The van der Waals surface area contributed by atoms with Crippen LogP contribution in [0.25, 0.3) is 0 Å². The summed E-state index contributed by atoms with van der Waals surface area (Å²) < 4.78 is 37.7. The second-order valence-electron chi connectivity index (χ2n) is 5.25. The van der Waals surface area contributed by atoms with Gasteiger partial charge in [0.05, 0.1) is 0 Å². The molecule has 15 heavy (non-hydrogen) atoms. The van der Waals surface area contributed by atoms with Crippen molar-refractivity contribution >= 4 is 0 Å². The Balaban J connectivity index is 2.82. The first-order valence-electron chi connectivity index (χ1n) is 5.87. The maximum absolute atomic E-state index is 12.6. The Bertz CT molecular complexity index is 207. The molecule has 2 atom stereocenters. The van der Waals surface area contributed by atoms with Crippen molar-refractivity contribution in [2.45, 2.75) is 59.1 Å². The van der Waals surface area contributed by atoms with Gasteiger partial charge in [-0.05, 0) is 36.5 Å². The Kier molecular flexibility index (Phi) is 3.72. The number of halogens is 3. The lowest BCUT2D eigenvalue weighted by atomic mass is 9.68. The van der Waals surface area contributed by atoms with Crippen LogP contribution in [0.5, 0.6) is 0 Å². The zero-order valence-corrected chi connectivity index (χ0v) is 9.82. The van der Waals surface area contributed by atoms with Crippen LogP contribution in [-0.2, 0) is 0 Å². The fourth-order valence-corrected chi connectivity index (χ4v) is 3.39. The summed E-state index contributed by atoms with van der Waals surface area (Å²) in [7, 11) is 0. The van der Waals surface area contributed by atoms with Crippen LogP contribution < -0.4 is 0 Å². The van der Waals surface area contributed by atoms with E-state index in [-0.39, 0.29) is 5.92 Å². The van der Waals surface area contributed by atoms with E-state index in [0.717, 1.165) is 19.3 Å². The third kappa shape index (κ3) is 2.88. The van der Waals surface area contributed by atoms with Crippen molar-refractivity contribution in [2.24, 2.45) is 17.3 Å². The summed E-state index contributed by atoms with van der Waals surface area (Å²) in [4.78, 5) is 0. The van der Waals surface area contributed by atoms with Crippen LogP contribution in [0.2, 0.25) is 0 Å². The molecule has 0 nitrogen and oxygen atoms in total. The van der Waals surface area contributed by atoms with E-state index in [9.17, 15) is 13.2 Å². The van der Waals surface area contributed by atoms with E-state index in [1.165, 1.54) is 0 Å². The summed E-state index contributed by atoms with van der Waals surface area (Å²) in [6.45, 7) is 6.01. The van der Waals surface area contributed by atoms with Gasteiger partial charge >= 0.3 is 6.18 Å². The first-order valence-corrected chi connectivity index (χ1v) is 5.87. The van der Waals surface area contributed by atoms with Crippen molar-refractivity contribution in [3.05, 3.63) is 0 Å². The largest absolute Gasteiger partial charge is 0.389 e. The second kappa shape index (κ2) is 4.34. The van der Waals surface area contributed by atoms with Crippen molar-refractivity contribution in [1.29, 1.82) is 0 Å². The van der Waals surface area contributed by atoms with Gasteiger partial charge in [0.1, 0.15) is 0 Å². The lowest BCUT2D eigenvalue weighted by Gasteiger charge is -2.37. The Morgan fingerprint density at radius 2 is 1.93 bits per heavy atom. The normalized spacial score (nSPS) is 32.6. The van der Waals surface area contributed by atoms with Gasteiger partial charge in [0.15, 0.2) is 0 Å². The second-order valence-corrected chi connectivity index (χ2v) is 5.25. The SMILES string of the molecule is CCC1(CC(F)(F)F)CCCC1C(C)C. The fourth-order valence-electron chi connectivity index (χ4n) is 3.39. The predicted molar refractivity (Wildman–Crippen MR) is 55.6 cm³/mol. The van der Waals surface area contributed by atoms with Gasteiger partial charge < -0.3 is 0 Å². The van der Waals surface area contributed by atoms with Crippen molar-refractivity contribution in [3.8, 4) is 0 Å². The Morgan fingerprint density at radius 1 is 1.33 bits per heavy atom. The minimum atomic E-state index is -4.01. The van der Waals surface area contributed by atoms with E-state index in [1.54, 1.807) is 0 Å². The van der Waals surface area contributed by atoms with Gasteiger partial charge in [0, 0.05) is 6.42 Å². The third-order valence-electron chi connectivity index (χ3n) is 4.04. The van der Waals surface area contributed by atoms with Gasteiger partial charge in [0.25, 0.3) is 0 Å². The molecular weight excluding hydrogens is 201 g/mol. The highest BCUT2D eigenvalue weighted by molar-refractivity contribution is 4.93. The van der Waals surface area contributed by atoms with Crippen LogP contribution in [0.4, 0.5) is 13.2 Å². The van der Waals surface area contributed by atoms with E-state index in [4.69, 9.17) is 0 Å². The molecule has 1 saturated carbocycles. The lowest BCUT2D eigenvalue weighted by molar-refractivity contribution is -0.166. The summed E-state index contributed by atoms with van der Waals surface area (Å²) in [5, 5.41) is 0. The van der Waals surface area contributed by atoms with Crippen LogP contribution in [0.3, 0.4) is 0 Å². The van der Waals surface area contributed by atoms with Crippen LogP contribution >= 0.6 is 0 Å². The molecule has 1 aliphatic rings. The lowest BCUT2D eigenvalue weighted by Crippen LogP contribution is -2.33. The average molecular weight is 222 g/mol. The van der Waals surface area contributed by atoms with Gasteiger partial charge in [-0.25, -0.2) is 0 Å². The summed E-state index contributed by atoms with van der Waals surface area (Å²) in [5.41, 5.74) is -0.466. The molecule has 0 aromatic rings. The first-order chi connectivity index (χ1) is 6.81. The molecule has 1 fully saturated rings. The average Bonchev–Trinajstić information content (AvgIpc) is 2.46. The van der Waals surface area contributed by atoms with Crippen LogP contribution in [0, 0.1) is 17.3 Å². The number of hydrogen-bond donors (Lipinski definition) is 0. The van der Waals surface area contributed by atoms with E-state index in [1.807, 2.05) is 6.92 Å². The fraction of sp³-hybridized carbons (Fsp3) is 1.00. The monoisotopic (exact) mass is 222 g/mol. The Labute approximate surface area is 90.2 Å². The molecule has 0 N–H and O–H groups in total. The summed E-state index contributed by atoms with van der Waals surface area (Å²) >= 11 is 0. The number of hydrogen-bond acceptors (Lipinski definition) is 0. The Hall–Kier alpha value is -0.210. The highest BCUT2D eigenvalue weighted by atomic mass is 19.4. The minimum Gasteiger partial charge on any atom is -0.171 e. The number of rotatable bonds is 3. The molecule has 90 valence electrons. The van der Waals surface area contributed by atoms with Gasteiger partial charge in [-0.2, -0.15) is 13.2 Å². The smallest absolute Gasteiger partial charge is 0.171 e. The van der Waals surface area contributed by atoms with Gasteiger partial charge in [-0.15, -0.1) is 0 Å². The van der Waals surface area contributed by atoms with E-state index in [2.05, 4.69) is 13.8 Å². The molecule has 3 heteroatoms. The van der Waals surface area contributed by atoms with Crippen LogP contribution in [0.1, 0.15) is 52.9 Å². The first kappa shape index (κ1) is 12.9. The molecule has 0 radical (unpaired) electrons. The maximum atomic E-state index is 12.6. The molecule has 0 aromatic carbocycles. The molecule has 2 unspecified atom stereocenters. The Morgan fingerprint density at radius 3 is 2.33 bits per heavy atom. The van der Waals surface area contributed by atoms with Crippen molar-refractivity contribution in [2.75, 3.05) is 0 Å². The molecule has 0 aromatic heterocycles. The molecule has 0 heterocycles. The third-order valence-corrected chi connectivity index (χ3v) is 4.04. The molecule has 0 aliphatic heterocycles. The van der Waals surface area contributed by atoms with E-state index >= 15 is 0 Å². The molecule has 0 bridgehead atoms. The molecule has 0 saturated heterocycles. The van der Waals surface area contributed by atoms with Gasteiger partial charge in [0.2, 0.25) is 0 Å². The molecule has 0 spiro atoms. The summed E-state index contributed by atoms with van der Waals surface area (Å²) in [5.74, 6) is 0.624. The topological polar surface area (TPSA) is 0 Å². The highest BCUT2D eigenvalue weighted by Crippen LogP contribution is 2.54. The van der Waals surface area contributed by atoms with Crippen molar-refractivity contribution < 1.29 is 13.2 Å². The quantitative estimate of drug-likeness (QED) is 0.644. The van der Waals surface area contributed by atoms with Crippen LogP contribution in [0.15, 0.2) is 0 Å². The standard InChI is InChI=1S/C12H21F3/c1-4-11(8-12(13,14)15)7-5-6-10(11)9(2)3/h9-10H,4-8H2,1-3H3. The van der Waals surface area contributed by atoms with Crippen LogP contribution in [-0.4, -0.2) is 6.18 Å². The van der Waals surface area contributed by atoms with E-state index in [0.29, 0.717) is 12.3 Å². The molecular formula is C12H21F3. The summed E-state index contributed by atoms with van der Waals surface area (Å²) in [6.07, 6.45) is -1.23. The number of alkyl halides is 3. The zero-order chi connectivity index (χ0) is 11.7. The molecule has 0 amide bonds. The molecule has 1 aliphatic carbocycles. The summed E-state index contributed by atoms with van der Waals surface area (Å²) in [6, 6.07) is 0.